The summed E-state index contributed by atoms with van der Waals surface area (Å²) in [5.41, 5.74) is 0.365. The van der Waals surface area contributed by atoms with Crippen molar-refractivity contribution in [3.63, 3.8) is 0 Å². The van der Waals surface area contributed by atoms with E-state index in [1.165, 1.54) is 20.1 Å². The third kappa shape index (κ3) is 3.55. The zero-order chi connectivity index (χ0) is 21.5. The molecule has 3 aliphatic rings. The molecule has 5 nitrogen and oxygen atoms in total. The van der Waals surface area contributed by atoms with Crippen LogP contribution in [0.4, 0.5) is 0 Å². The van der Waals surface area contributed by atoms with Gasteiger partial charge in [0.25, 0.3) is 0 Å². The predicted molar refractivity (Wildman–Crippen MR) is 110 cm³/mol. The van der Waals surface area contributed by atoms with Gasteiger partial charge < -0.3 is 9.47 Å². The monoisotopic (exact) mass is 414 g/mol. The number of esters is 1. The van der Waals surface area contributed by atoms with Crippen molar-refractivity contribution in [3.05, 3.63) is 69.2 Å². The van der Waals surface area contributed by atoms with Crippen molar-refractivity contribution >= 4 is 29.1 Å². The van der Waals surface area contributed by atoms with Gasteiger partial charge in [-0.15, -0.1) is 0 Å². The van der Waals surface area contributed by atoms with E-state index in [0.29, 0.717) is 22.8 Å². The molecule has 29 heavy (non-hydrogen) atoms. The van der Waals surface area contributed by atoms with Crippen LogP contribution in [0.25, 0.3) is 0 Å². The highest BCUT2D eigenvalue weighted by atomic mass is 35.5. The number of carbonyl (C=O) groups excluding carboxylic acids is 3. The fraction of sp³-hybridized carbons (Fsp3) is 0.348. The molecule has 2 atom stereocenters. The first-order valence-electron chi connectivity index (χ1n) is 9.49. The number of ketones is 2. The minimum atomic E-state index is -1.62. The lowest BCUT2D eigenvalue weighted by Crippen LogP contribution is -2.42. The summed E-state index contributed by atoms with van der Waals surface area (Å²) in [5.74, 6) is -0.892. The lowest BCUT2D eigenvalue weighted by atomic mass is 9.75. The zero-order valence-electron chi connectivity index (χ0n) is 17.1. The Morgan fingerprint density at radius 1 is 1.31 bits per heavy atom. The molecule has 0 radical (unpaired) electrons. The molecule has 152 valence electrons. The van der Waals surface area contributed by atoms with Gasteiger partial charge in [-0.1, -0.05) is 49.6 Å². The van der Waals surface area contributed by atoms with Gasteiger partial charge in [-0.2, -0.15) is 0 Å². The Hall–Kier alpha value is -2.66. The van der Waals surface area contributed by atoms with Gasteiger partial charge in [0.05, 0.1) is 11.3 Å². The van der Waals surface area contributed by atoms with Crippen LogP contribution in [0.15, 0.2) is 69.2 Å². The fourth-order valence-electron chi connectivity index (χ4n) is 3.57. The Morgan fingerprint density at radius 3 is 2.62 bits per heavy atom. The molecule has 0 N–H and O–H groups in total. The molecule has 0 aromatic rings. The van der Waals surface area contributed by atoms with Crippen molar-refractivity contribution in [2.45, 2.75) is 46.6 Å². The molecule has 3 rings (SSSR count). The molecule has 0 bridgehead atoms. The van der Waals surface area contributed by atoms with Crippen LogP contribution in [0.5, 0.6) is 0 Å². The number of halogens is 1. The van der Waals surface area contributed by atoms with E-state index in [9.17, 15) is 14.4 Å². The fourth-order valence-corrected chi connectivity index (χ4v) is 3.91. The molecule has 0 amide bonds. The van der Waals surface area contributed by atoms with Gasteiger partial charge in [-0.25, -0.2) is 4.79 Å². The molecule has 0 fully saturated rings. The summed E-state index contributed by atoms with van der Waals surface area (Å²) < 4.78 is 11.0. The molecule has 0 saturated carbocycles. The van der Waals surface area contributed by atoms with E-state index in [0.717, 1.165) is 12.0 Å². The number of Topliss-reactive ketones (excluding diaryl/α,β-unsaturated/α-hetero) is 2. The van der Waals surface area contributed by atoms with Crippen LogP contribution >= 0.6 is 11.6 Å². The molecule has 2 aliphatic heterocycles. The molecule has 6 heteroatoms. The number of fused-ring (bicyclic) bond motifs is 3. The standard InChI is InChI=1S/C23H23ClO5/c1-6-12(2)9-13(3)7-8-15-10-16-17(11-28-15)19-18(14(4)25)22(27)29-23(19,5)21(26)20(16)24/h7-12H,6H2,1-5H3/b8-7+,13-9+/t12-,23+/m0/s1. The molecule has 0 spiro atoms. The number of carbonyl (C=O) groups is 3. The minimum absolute atomic E-state index is 0.0545. The third-order valence-corrected chi connectivity index (χ3v) is 5.69. The second kappa shape index (κ2) is 7.64. The zero-order valence-corrected chi connectivity index (χ0v) is 17.8. The number of rotatable bonds is 5. The van der Waals surface area contributed by atoms with Crippen LogP contribution < -0.4 is 0 Å². The quantitative estimate of drug-likeness (QED) is 0.373. The summed E-state index contributed by atoms with van der Waals surface area (Å²) in [5, 5.41) is -0.0545. The van der Waals surface area contributed by atoms with Crippen molar-refractivity contribution in [2.75, 3.05) is 0 Å². The van der Waals surface area contributed by atoms with Crippen LogP contribution in [-0.4, -0.2) is 23.1 Å². The van der Waals surface area contributed by atoms with Crippen LogP contribution in [0.1, 0.15) is 41.0 Å². The first-order chi connectivity index (χ1) is 13.6. The van der Waals surface area contributed by atoms with Gasteiger partial charge in [0.15, 0.2) is 11.4 Å². The highest BCUT2D eigenvalue weighted by molar-refractivity contribution is 6.46. The Labute approximate surface area is 175 Å². The Morgan fingerprint density at radius 2 is 2.00 bits per heavy atom. The predicted octanol–water partition coefficient (Wildman–Crippen LogP) is 4.61. The number of hydrogen-bond donors (Lipinski definition) is 0. The topological polar surface area (TPSA) is 69.7 Å². The van der Waals surface area contributed by atoms with E-state index in [2.05, 4.69) is 19.9 Å². The van der Waals surface area contributed by atoms with Crippen molar-refractivity contribution in [3.8, 4) is 0 Å². The average Bonchev–Trinajstić information content (AvgIpc) is 2.96. The van der Waals surface area contributed by atoms with Gasteiger partial charge in [0, 0.05) is 16.7 Å². The largest absolute Gasteiger partial charge is 0.464 e. The van der Waals surface area contributed by atoms with E-state index in [1.807, 2.05) is 13.0 Å². The summed E-state index contributed by atoms with van der Waals surface area (Å²) in [6.45, 7) is 8.98. The molecule has 0 aromatic carbocycles. The van der Waals surface area contributed by atoms with Crippen molar-refractivity contribution in [1.29, 1.82) is 0 Å². The smallest absolute Gasteiger partial charge is 0.343 e. The second-order valence-electron chi connectivity index (χ2n) is 7.61. The summed E-state index contributed by atoms with van der Waals surface area (Å²) in [4.78, 5) is 37.2. The van der Waals surface area contributed by atoms with Gasteiger partial charge in [0.1, 0.15) is 11.3 Å². The van der Waals surface area contributed by atoms with E-state index in [-0.39, 0.29) is 16.2 Å². The molecule has 0 unspecified atom stereocenters. The first-order valence-corrected chi connectivity index (χ1v) is 9.87. The summed E-state index contributed by atoms with van der Waals surface area (Å²) in [7, 11) is 0. The van der Waals surface area contributed by atoms with Crippen molar-refractivity contribution in [1.82, 2.24) is 0 Å². The Kier molecular flexibility index (Phi) is 5.54. The molecular weight excluding hydrogens is 392 g/mol. The summed E-state index contributed by atoms with van der Waals surface area (Å²) in [6, 6.07) is 0. The summed E-state index contributed by atoms with van der Waals surface area (Å²) in [6.07, 6.45) is 9.96. The number of ether oxygens (including phenoxy) is 2. The lowest BCUT2D eigenvalue weighted by molar-refractivity contribution is -0.153. The van der Waals surface area contributed by atoms with Crippen LogP contribution in [0.2, 0.25) is 0 Å². The second-order valence-corrected chi connectivity index (χ2v) is 7.99. The first kappa shape index (κ1) is 21.1. The number of hydrogen-bond acceptors (Lipinski definition) is 5. The van der Waals surface area contributed by atoms with Crippen molar-refractivity contribution in [2.24, 2.45) is 5.92 Å². The van der Waals surface area contributed by atoms with Gasteiger partial charge in [-0.3, -0.25) is 9.59 Å². The van der Waals surface area contributed by atoms with E-state index < -0.39 is 23.1 Å². The molecule has 2 heterocycles. The van der Waals surface area contributed by atoms with E-state index in [1.54, 1.807) is 12.2 Å². The van der Waals surface area contributed by atoms with Crippen molar-refractivity contribution < 1.29 is 23.9 Å². The molecular formula is C23H23ClO5. The minimum Gasteiger partial charge on any atom is -0.464 e. The van der Waals surface area contributed by atoms with Gasteiger partial charge in [-0.05, 0) is 38.8 Å². The Balaban J connectivity index is 2.04. The molecule has 0 saturated heterocycles. The maximum atomic E-state index is 12.9. The average molecular weight is 415 g/mol. The highest BCUT2D eigenvalue weighted by Gasteiger charge is 2.56. The number of allylic oxidation sites excluding steroid dienone is 6. The normalized spacial score (nSPS) is 25.4. The van der Waals surface area contributed by atoms with Gasteiger partial charge >= 0.3 is 5.97 Å². The third-order valence-electron chi connectivity index (χ3n) is 5.31. The SMILES string of the molecule is CC[C@H](C)/C=C(C)/C=C/C1=CC2=C(Cl)C(=O)[C@]3(C)OC(=O)C(C(C)=O)=C3C2=CO1. The van der Waals surface area contributed by atoms with Crippen LogP contribution in [0, 0.1) is 5.92 Å². The lowest BCUT2D eigenvalue weighted by Gasteiger charge is -2.32. The summed E-state index contributed by atoms with van der Waals surface area (Å²) >= 11 is 6.34. The van der Waals surface area contributed by atoms with Crippen LogP contribution in [-0.2, 0) is 23.9 Å². The van der Waals surface area contributed by atoms with Gasteiger partial charge in [0.2, 0.25) is 5.78 Å². The maximum Gasteiger partial charge on any atom is 0.343 e. The molecule has 1 aliphatic carbocycles. The maximum absolute atomic E-state index is 12.9. The van der Waals surface area contributed by atoms with E-state index in [4.69, 9.17) is 21.1 Å². The Bertz CT molecular complexity index is 1000. The highest BCUT2D eigenvalue weighted by Crippen LogP contribution is 2.49. The van der Waals surface area contributed by atoms with E-state index >= 15 is 0 Å². The molecule has 0 aromatic heterocycles. The van der Waals surface area contributed by atoms with Crippen LogP contribution in [0.3, 0.4) is 0 Å².